The molecule has 2 amide bonds. The van der Waals surface area contributed by atoms with Gasteiger partial charge in [-0.3, -0.25) is 19.5 Å². The van der Waals surface area contributed by atoms with Crippen molar-refractivity contribution in [1.29, 1.82) is 0 Å². The lowest BCUT2D eigenvalue weighted by Gasteiger charge is -2.18. The lowest BCUT2D eigenvalue weighted by atomic mass is 9.85. The number of guanidine groups is 1. The summed E-state index contributed by atoms with van der Waals surface area (Å²) in [5.41, 5.74) is 0.995. The third-order valence-electron chi connectivity index (χ3n) is 6.03. The van der Waals surface area contributed by atoms with Crippen molar-refractivity contribution < 1.29 is 14.3 Å². The molecule has 4 atom stereocenters. The lowest BCUT2D eigenvalue weighted by molar-refractivity contribution is -0.140. The van der Waals surface area contributed by atoms with Crippen molar-refractivity contribution in [3.05, 3.63) is 36.0 Å². The summed E-state index contributed by atoms with van der Waals surface area (Å²) < 4.78 is 5.55. The van der Waals surface area contributed by atoms with Gasteiger partial charge in [0.25, 0.3) is 0 Å². The molecule has 2 bridgehead atoms. The molecular formula is C22H29N5O3. The zero-order valence-electron chi connectivity index (χ0n) is 17.7. The van der Waals surface area contributed by atoms with Crippen LogP contribution in [0.25, 0.3) is 0 Å². The quantitative estimate of drug-likeness (QED) is 0.304. The van der Waals surface area contributed by atoms with E-state index in [1.165, 1.54) is 4.90 Å². The molecule has 1 aromatic heterocycles. The second-order valence-electron chi connectivity index (χ2n) is 8.35. The summed E-state index contributed by atoms with van der Waals surface area (Å²) in [6.45, 7) is 5.29. The van der Waals surface area contributed by atoms with Crippen molar-refractivity contribution in [2.24, 2.45) is 28.7 Å². The summed E-state index contributed by atoms with van der Waals surface area (Å²) in [5, 5.41) is 6.40. The fourth-order valence-corrected chi connectivity index (χ4v) is 4.70. The predicted octanol–water partition coefficient (Wildman–Crippen LogP) is 1.34. The van der Waals surface area contributed by atoms with Gasteiger partial charge in [0, 0.05) is 38.9 Å². The van der Waals surface area contributed by atoms with Gasteiger partial charge in [0.05, 0.1) is 17.9 Å². The number of fused-ring (bicyclic) bond motifs is 5. The number of carbonyl (C=O) groups excluding carboxylic acids is 2. The highest BCUT2D eigenvalue weighted by atomic mass is 16.5. The first-order valence-corrected chi connectivity index (χ1v) is 10.6. The molecule has 8 heteroatoms. The van der Waals surface area contributed by atoms with E-state index in [2.05, 4.69) is 32.8 Å². The van der Waals surface area contributed by atoms with Crippen molar-refractivity contribution in [2.45, 2.75) is 32.9 Å². The van der Waals surface area contributed by atoms with E-state index in [-0.39, 0.29) is 41.6 Å². The van der Waals surface area contributed by atoms with Crippen molar-refractivity contribution in [2.75, 3.05) is 20.1 Å². The number of carbonyl (C=O) groups is 2. The molecule has 2 N–H and O–H groups in total. The van der Waals surface area contributed by atoms with Crippen LogP contribution < -0.4 is 15.4 Å². The van der Waals surface area contributed by atoms with E-state index >= 15 is 0 Å². The lowest BCUT2D eigenvalue weighted by Crippen LogP contribution is -2.43. The number of rotatable bonds is 7. The van der Waals surface area contributed by atoms with Crippen molar-refractivity contribution in [3.63, 3.8) is 0 Å². The Morgan fingerprint density at radius 1 is 1.20 bits per heavy atom. The van der Waals surface area contributed by atoms with E-state index < -0.39 is 0 Å². The van der Waals surface area contributed by atoms with Gasteiger partial charge >= 0.3 is 0 Å². The second-order valence-corrected chi connectivity index (χ2v) is 8.35. The number of allylic oxidation sites excluding steroid dienone is 2. The topological polar surface area (TPSA) is 95.9 Å². The number of nitrogens with one attached hydrogen (secondary N) is 2. The number of ether oxygens (including phenoxy) is 1. The molecule has 8 nitrogen and oxygen atoms in total. The molecular weight excluding hydrogens is 382 g/mol. The van der Waals surface area contributed by atoms with Crippen LogP contribution in [0.3, 0.4) is 0 Å². The van der Waals surface area contributed by atoms with Crippen LogP contribution in [-0.4, -0.2) is 53.9 Å². The molecule has 30 heavy (non-hydrogen) atoms. The Morgan fingerprint density at radius 2 is 1.90 bits per heavy atom. The van der Waals surface area contributed by atoms with E-state index in [9.17, 15) is 9.59 Å². The van der Waals surface area contributed by atoms with E-state index in [0.29, 0.717) is 31.5 Å². The predicted molar refractivity (Wildman–Crippen MR) is 113 cm³/mol. The molecule has 4 rings (SSSR count). The highest BCUT2D eigenvalue weighted by molar-refractivity contribution is 6.06. The van der Waals surface area contributed by atoms with Gasteiger partial charge in [0.2, 0.25) is 17.7 Å². The van der Waals surface area contributed by atoms with Gasteiger partial charge in [0.1, 0.15) is 0 Å². The first kappa shape index (κ1) is 20.4. The SMILES string of the molecule is CN=C(NCCN1C(=O)C2C3C=CC(C3)C2C1=O)NCc1ccc(OC(C)C)nc1. The smallest absolute Gasteiger partial charge is 0.233 e. The van der Waals surface area contributed by atoms with Gasteiger partial charge in [-0.25, -0.2) is 4.98 Å². The minimum absolute atomic E-state index is 0.0126. The number of aromatic nitrogens is 1. The maximum Gasteiger partial charge on any atom is 0.233 e. The maximum absolute atomic E-state index is 12.7. The van der Waals surface area contributed by atoms with Gasteiger partial charge < -0.3 is 15.4 Å². The highest BCUT2D eigenvalue weighted by Crippen LogP contribution is 2.52. The summed E-state index contributed by atoms with van der Waals surface area (Å²) >= 11 is 0. The minimum atomic E-state index is -0.139. The average molecular weight is 412 g/mol. The van der Waals surface area contributed by atoms with E-state index in [1.54, 1.807) is 13.2 Å². The van der Waals surface area contributed by atoms with Crippen LogP contribution in [0.1, 0.15) is 25.8 Å². The second kappa shape index (κ2) is 8.45. The number of hydrogen-bond acceptors (Lipinski definition) is 5. The molecule has 0 aromatic carbocycles. The molecule has 3 aliphatic rings. The van der Waals surface area contributed by atoms with Crippen LogP contribution >= 0.6 is 0 Å². The normalized spacial score (nSPS) is 27.2. The molecule has 1 saturated carbocycles. The Morgan fingerprint density at radius 3 is 2.47 bits per heavy atom. The Bertz CT molecular complexity index is 834. The molecule has 2 fully saturated rings. The van der Waals surface area contributed by atoms with Crippen LogP contribution in [-0.2, 0) is 16.1 Å². The summed E-state index contributed by atoms with van der Waals surface area (Å²) in [6, 6.07) is 3.80. The Labute approximate surface area is 176 Å². The number of nitrogens with zero attached hydrogens (tertiary/aromatic N) is 3. The molecule has 0 radical (unpaired) electrons. The summed E-state index contributed by atoms with van der Waals surface area (Å²) in [5.74, 6) is 1.40. The Kier molecular flexibility index (Phi) is 5.74. The number of pyridine rings is 1. The van der Waals surface area contributed by atoms with Crippen molar-refractivity contribution >= 4 is 17.8 Å². The number of amides is 2. The molecule has 2 heterocycles. The highest BCUT2D eigenvalue weighted by Gasteiger charge is 2.58. The molecule has 2 aliphatic carbocycles. The number of imide groups is 1. The van der Waals surface area contributed by atoms with Gasteiger partial charge in [0.15, 0.2) is 5.96 Å². The van der Waals surface area contributed by atoms with Crippen LogP contribution in [0.5, 0.6) is 5.88 Å². The molecule has 0 spiro atoms. The largest absolute Gasteiger partial charge is 0.475 e. The van der Waals surface area contributed by atoms with Crippen LogP contribution in [0.15, 0.2) is 35.5 Å². The van der Waals surface area contributed by atoms with Gasteiger partial charge in [-0.1, -0.05) is 18.2 Å². The average Bonchev–Trinajstić information content (AvgIpc) is 3.40. The summed E-state index contributed by atoms with van der Waals surface area (Å²) in [6.07, 6.45) is 7.03. The van der Waals surface area contributed by atoms with Gasteiger partial charge in [-0.15, -0.1) is 0 Å². The first-order valence-electron chi connectivity index (χ1n) is 10.6. The maximum atomic E-state index is 12.7. The number of likely N-dealkylation sites (tertiary alicyclic amines) is 1. The van der Waals surface area contributed by atoms with Crippen molar-refractivity contribution in [1.82, 2.24) is 20.5 Å². The zero-order valence-corrected chi connectivity index (χ0v) is 17.7. The standard InChI is InChI=1S/C22H29N5O3/c1-13(2)30-17-7-4-14(11-25-17)12-26-22(23-3)24-8-9-27-20(28)18-15-5-6-16(10-15)19(18)21(27)29/h4-7,11,13,15-16,18-19H,8-10,12H2,1-3H3,(H2,23,24,26). The Hall–Kier alpha value is -2.90. The van der Waals surface area contributed by atoms with E-state index in [1.807, 2.05) is 26.0 Å². The number of aliphatic imine (C=N–C) groups is 1. The third-order valence-corrected chi connectivity index (χ3v) is 6.03. The minimum Gasteiger partial charge on any atom is -0.475 e. The summed E-state index contributed by atoms with van der Waals surface area (Å²) in [4.78, 5) is 35.4. The fourth-order valence-electron chi connectivity index (χ4n) is 4.70. The fraction of sp³-hybridized carbons (Fsp3) is 0.545. The van der Waals surface area contributed by atoms with Crippen LogP contribution in [0, 0.1) is 23.7 Å². The third kappa shape index (κ3) is 3.91. The van der Waals surface area contributed by atoms with E-state index in [4.69, 9.17) is 4.74 Å². The van der Waals surface area contributed by atoms with Crippen LogP contribution in [0.4, 0.5) is 0 Å². The monoisotopic (exact) mass is 411 g/mol. The zero-order chi connectivity index (χ0) is 21.3. The van der Waals surface area contributed by atoms with Gasteiger partial charge in [-0.2, -0.15) is 0 Å². The molecule has 1 aliphatic heterocycles. The molecule has 1 saturated heterocycles. The number of hydrogen-bond donors (Lipinski definition) is 2. The Balaban J connectivity index is 1.24. The van der Waals surface area contributed by atoms with Gasteiger partial charge in [-0.05, 0) is 37.7 Å². The molecule has 4 unspecified atom stereocenters. The molecule has 160 valence electrons. The summed E-state index contributed by atoms with van der Waals surface area (Å²) in [7, 11) is 1.69. The van der Waals surface area contributed by atoms with Crippen LogP contribution in [0.2, 0.25) is 0 Å². The first-order chi connectivity index (χ1) is 14.5. The molecule has 1 aromatic rings. The van der Waals surface area contributed by atoms with E-state index in [0.717, 1.165) is 12.0 Å². The van der Waals surface area contributed by atoms with Crippen molar-refractivity contribution in [3.8, 4) is 5.88 Å².